The molecule has 2 aromatic carbocycles. The molecule has 1 fully saturated rings. The van der Waals surface area contributed by atoms with E-state index in [2.05, 4.69) is 26.6 Å². The minimum absolute atomic E-state index is 0.0177. The van der Waals surface area contributed by atoms with Crippen molar-refractivity contribution in [3.63, 3.8) is 0 Å². The molecule has 0 saturated carbocycles. The molecule has 2 heterocycles. The van der Waals surface area contributed by atoms with Crippen molar-refractivity contribution in [1.82, 2.24) is 26.6 Å². The molecule has 186 valence electrons. The average molecular weight is 514 g/mol. The van der Waals surface area contributed by atoms with Crippen LogP contribution in [0, 0.1) is 19.7 Å². The highest BCUT2D eigenvalue weighted by atomic mass is 35.5. The van der Waals surface area contributed by atoms with Crippen LogP contribution in [0.3, 0.4) is 0 Å². The fourth-order valence-corrected chi connectivity index (χ4v) is 6.39. The van der Waals surface area contributed by atoms with Crippen LogP contribution in [0.25, 0.3) is 0 Å². The van der Waals surface area contributed by atoms with Gasteiger partial charge in [0, 0.05) is 17.9 Å². The summed E-state index contributed by atoms with van der Waals surface area (Å²) >= 11 is 6.30. The van der Waals surface area contributed by atoms with Crippen LogP contribution in [0.2, 0.25) is 5.02 Å². The van der Waals surface area contributed by atoms with Gasteiger partial charge in [-0.05, 0) is 55.7 Å². The van der Waals surface area contributed by atoms with E-state index in [4.69, 9.17) is 16.3 Å². The third-order valence-electron chi connectivity index (χ3n) is 6.63. The SMILES string of the molecule is Cc1ccc(F)c([C@@H](C)[C@H](NS(=O)(=O)c2ccc(Cl)c3c2OCC[C@@]3(C)O)C2NNNN2)c1C. The van der Waals surface area contributed by atoms with E-state index in [-0.39, 0.29) is 34.3 Å². The maximum Gasteiger partial charge on any atom is 0.244 e. The molecule has 3 atom stereocenters. The zero-order valence-corrected chi connectivity index (χ0v) is 20.9. The van der Waals surface area contributed by atoms with E-state index in [1.54, 1.807) is 19.9 Å². The van der Waals surface area contributed by atoms with Crippen molar-refractivity contribution in [3.8, 4) is 5.75 Å². The van der Waals surface area contributed by atoms with Gasteiger partial charge in [-0.2, -0.15) is 11.1 Å². The van der Waals surface area contributed by atoms with Gasteiger partial charge in [-0.1, -0.05) is 24.6 Å². The zero-order chi connectivity index (χ0) is 24.8. The number of fused-ring (bicyclic) bond motifs is 1. The normalized spacial score (nSPS) is 22.8. The molecule has 2 aliphatic rings. The van der Waals surface area contributed by atoms with Crippen LogP contribution < -0.4 is 31.4 Å². The predicted octanol–water partition coefficient (Wildman–Crippen LogP) is 1.98. The van der Waals surface area contributed by atoms with Gasteiger partial charge in [0.2, 0.25) is 10.0 Å². The topological polar surface area (TPSA) is 124 Å². The number of ether oxygens (including phenoxy) is 1. The number of benzene rings is 2. The number of hydrogen-bond acceptors (Lipinski definition) is 8. The molecule has 0 radical (unpaired) electrons. The van der Waals surface area contributed by atoms with E-state index >= 15 is 0 Å². The summed E-state index contributed by atoms with van der Waals surface area (Å²) in [5.41, 5.74) is 12.1. The Hall–Kier alpha value is -1.83. The fourth-order valence-electron chi connectivity index (χ4n) is 4.56. The van der Waals surface area contributed by atoms with Gasteiger partial charge in [0.25, 0.3) is 0 Å². The molecule has 2 aromatic rings. The first-order valence-electron chi connectivity index (χ1n) is 10.9. The number of rotatable bonds is 6. The molecule has 0 bridgehead atoms. The lowest BCUT2D eigenvalue weighted by Gasteiger charge is -2.34. The second-order valence-corrected chi connectivity index (χ2v) is 11.1. The quantitative estimate of drug-likeness (QED) is 0.346. The van der Waals surface area contributed by atoms with Crippen LogP contribution in [0.4, 0.5) is 4.39 Å². The van der Waals surface area contributed by atoms with E-state index in [0.29, 0.717) is 5.56 Å². The first-order valence-corrected chi connectivity index (χ1v) is 12.8. The molecular weight excluding hydrogens is 485 g/mol. The van der Waals surface area contributed by atoms with Gasteiger partial charge in [-0.25, -0.2) is 28.4 Å². The molecule has 6 N–H and O–H groups in total. The van der Waals surface area contributed by atoms with Crippen molar-refractivity contribution in [3.05, 3.63) is 57.4 Å². The Kier molecular flexibility index (Phi) is 6.93. The lowest BCUT2D eigenvalue weighted by molar-refractivity contribution is 0.0135. The number of halogens is 2. The summed E-state index contributed by atoms with van der Waals surface area (Å²) in [6.45, 7) is 7.16. The molecule has 0 aliphatic carbocycles. The summed E-state index contributed by atoms with van der Waals surface area (Å²) in [5.74, 6) is -0.973. The second-order valence-electron chi connectivity index (χ2n) is 8.98. The highest BCUT2D eigenvalue weighted by Gasteiger charge is 2.40. The van der Waals surface area contributed by atoms with Crippen LogP contribution in [0.15, 0.2) is 29.2 Å². The monoisotopic (exact) mass is 513 g/mol. The van der Waals surface area contributed by atoms with E-state index < -0.39 is 39.6 Å². The van der Waals surface area contributed by atoms with Gasteiger partial charge in [0.1, 0.15) is 22.6 Å². The molecule has 12 heteroatoms. The van der Waals surface area contributed by atoms with Gasteiger partial charge >= 0.3 is 0 Å². The summed E-state index contributed by atoms with van der Waals surface area (Å²) in [4.78, 5) is -0.149. The highest BCUT2D eigenvalue weighted by Crippen LogP contribution is 2.45. The number of aliphatic hydroxyl groups is 1. The summed E-state index contributed by atoms with van der Waals surface area (Å²) < 4.78 is 50.6. The molecule has 0 unspecified atom stereocenters. The molecule has 0 amide bonds. The Bertz CT molecular complexity index is 1200. The minimum atomic E-state index is -4.20. The molecular formula is C22H29ClFN5O4S. The maximum absolute atomic E-state index is 14.9. The van der Waals surface area contributed by atoms with Gasteiger partial charge in [0.15, 0.2) is 0 Å². The van der Waals surface area contributed by atoms with Crippen molar-refractivity contribution >= 4 is 21.6 Å². The molecule has 9 nitrogen and oxygen atoms in total. The number of aryl methyl sites for hydroxylation is 1. The largest absolute Gasteiger partial charge is 0.492 e. The van der Waals surface area contributed by atoms with Crippen LogP contribution in [0.5, 0.6) is 5.75 Å². The van der Waals surface area contributed by atoms with Crippen molar-refractivity contribution in [1.29, 1.82) is 0 Å². The second kappa shape index (κ2) is 9.32. The molecule has 0 aromatic heterocycles. The zero-order valence-electron chi connectivity index (χ0n) is 19.3. The average Bonchev–Trinajstić information content (AvgIpc) is 3.29. The van der Waals surface area contributed by atoms with E-state index in [9.17, 15) is 17.9 Å². The first kappa shape index (κ1) is 25.3. The van der Waals surface area contributed by atoms with Crippen molar-refractivity contribution < 1.29 is 22.7 Å². The summed E-state index contributed by atoms with van der Waals surface area (Å²) in [6, 6.07) is 5.01. The first-order chi connectivity index (χ1) is 15.9. The summed E-state index contributed by atoms with van der Waals surface area (Å²) in [6.07, 6.45) is -0.355. The molecule has 1 saturated heterocycles. The number of nitrogens with one attached hydrogen (secondary N) is 5. The van der Waals surface area contributed by atoms with Crippen LogP contribution in [-0.2, 0) is 15.6 Å². The smallest absolute Gasteiger partial charge is 0.244 e. The summed E-state index contributed by atoms with van der Waals surface area (Å²) in [7, 11) is -4.20. The molecule has 4 rings (SSSR count). The van der Waals surface area contributed by atoms with E-state index in [1.807, 2.05) is 13.8 Å². The van der Waals surface area contributed by atoms with Gasteiger partial charge in [0.05, 0.1) is 23.3 Å². The maximum atomic E-state index is 14.9. The Labute approximate surface area is 203 Å². The Balaban J connectivity index is 1.77. The number of hydrazine groups is 3. The van der Waals surface area contributed by atoms with Crippen LogP contribution in [0.1, 0.15) is 48.4 Å². The third-order valence-corrected chi connectivity index (χ3v) is 8.43. The van der Waals surface area contributed by atoms with Crippen LogP contribution >= 0.6 is 11.6 Å². The Morgan fingerprint density at radius 1 is 1.24 bits per heavy atom. The fraction of sp³-hybridized carbons (Fsp3) is 0.455. The number of sulfonamides is 1. The minimum Gasteiger partial charge on any atom is -0.492 e. The van der Waals surface area contributed by atoms with Gasteiger partial charge in [-0.3, -0.25) is 0 Å². The van der Waals surface area contributed by atoms with Gasteiger partial charge in [-0.15, -0.1) is 0 Å². The van der Waals surface area contributed by atoms with Crippen LogP contribution in [-0.4, -0.2) is 32.3 Å². The molecule has 34 heavy (non-hydrogen) atoms. The highest BCUT2D eigenvalue weighted by molar-refractivity contribution is 7.89. The van der Waals surface area contributed by atoms with E-state index in [0.717, 1.165) is 11.1 Å². The van der Waals surface area contributed by atoms with Crippen molar-refractivity contribution in [2.45, 2.75) is 62.7 Å². The van der Waals surface area contributed by atoms with Crippen molar-refractivity contribution in [2.75, 3.05) is 6.61 Å². The molecule has 2 aliphatic heterocycles. The third kappa shape index (κ3) is 4.54. The standard InChI is InChI=1S/C22H29ClFN5O4S/c1-11-5-7-15(24)17(12(11)2)13(3)19(21-25-28-29-26-21)27-34(31,32)16-8-6-14(23)18-20(16)33-10-9-22(18,4)30/h5-8,13,19,21,25-30H,9-10H2,1-4H3/t13-,19+,22-/m1/s1. The van der Waals surface area contributed by atoms with E-state index in [1.165, 1.54) is 18.2 Å². The molecule has 0 spiro atoms. The summed E-state index contributed by atoms with van der Waals surface area (Å²) in [5, 5.41) is 11.0. The van der Waals surface area contributed by atoms with Crippen molar-refractivity contribution in [2.24, 2.45) is 0 Å². The Morgan fingerprint density at radius 2 is 1.91 bits per heavy atom. The lowest BCUT2D eigenvalue weighted by Crippen LogP contribution is -2.55. The van der Waals surface area contributed by atoms with Gasteiger partial charge < -0.3 is 9.84 Å². The Morgan fingerprint density at radius 3 is 2.59 bits per heavy atom. The predicted molar refractivity (Wildman–Crippen MR) is 126 cm³/mol. The lowest BCUT2D eigenvalue weighted by atomic mass is 9.87. The number of hydrogen-bond donors (Lipinski definition) is 6.